The van der Waals surface area contributed by atoms with E-state index in [0.717, 1.165) is 97.5 Å². The smallest absolute Gasteiger partial charge is 0.252 e. The van der Waals surface area contributed by atoms with Crippen LogP contribution in [0.4, 0.5) is 0 Å². The second-order valence-electron chi connectivity index (χ2n) is 12.5. The maximum absolute atomic E-state index is 13.7. The number of Topliss-reactive ketones (excluding diaryl/α,β-unsaturated/α-hetero) is 1. The van der Waals surface area contributed by atoms with Crippen LogP contribution >= 0.6 is 0 Å². The number of rotatable bonds is 11. The van der Waals surface area contributed by atoms with Crippen LogP contribution in [0.1, 0.15) is 74.3 Å². The molecule has 0 radical (unpaired) electrons. The Morgan fingerprint density at radius 3 is 2.59 bits per heavy atom. The number of nitrogens with one attached hydrogen (secondary N) is 1. The number of allylic oxidation sites excluding steroid dienone is 3. The summed E-state index contributed by atoms with van der Waals surface area (Å²) in [6.07, 6.45) is 9.89. The number of aromatic nitrogens is 2. The molecule has 0 spiro atoms. The molecule has 3 aromatic rings. The highest BCUT2D eigenvalue weighted by molar-refractivity contribution is 6.08. The van der Waals surface area contributed by atoms with Gasteiger partial charge < -0.3 is 14.8 Å². The van der Waals surface area contributed by atoms with Crippen molar-refractivity contribution in [2.45, 2.75) is 65.0 Å². The minimum atomic E-state index is -0.190. The van der Waals surface area contributed by atoms with Gasteiger partial charge in [-0.2, -0.15) is 5.10 Å². The summed E-state index contributed by atoms with van der Waals surface area (Å²) in [6, 6.07) is 12.9. The Labute approximate surface area is 260 Å². The van der Waals surface area contributed by atoms with E-state index in [1.807, 2.05) is 32.2 Å². The number of morpholine rings is 1. The third-order valence-corrected chi connectivity index (χ3v) is 9.19. The van der Waals surface area contributed by atoms with Gasteiger partial charge in [0.2, 0.25) is 0 Å². The van der Waals surface area contributed by atoms with Crippen LogP contribution in [-0.2, 0) is 20.9 Å². The molecule has 2 aromatic carbocycles. The van der Waals surface area contributed by atoms with E-state index in [9.17, 15) is 9.59 Å². The fourth-order valence-corrected chi connectivity index (χ4v) is 6.73. The van der Waals surface area contributed by atoms with Crippen LogP contribution in [0.5, 0.6) is 0 Å². The summed E-state index contributed by atoms with van der Waals surface area (Å²) in [5, 5.41) is 8.66. The van der Waals surface area contributed by atoms with E-state index < -0.39 is 0 Å². The highest BCUT2D eigenvalue weighted by Crippen LogP contribution is 2.35. The molecule has 0 bridgehead atoms. The number of benzene rings is 2. The first kappa shape index (κ1) is 30.4. The lowest BCUT2D eigenvalue weighted by molar-refractivity contribution is -0.115. The molecule has 0 unspecified atom stereocenters. The first-order valence-electron chi connectivity index (χ1n) is 16.1. The standard InChI is InChI=1S/C36H44N4O4/c1-25-18-26(2)32(35(41)19-25)22-37-36(42)31-20-29(21-34-33(31)23-38-40(34)30-6-3-4-7-30)28-10-8-27(9-11-28)24-44-15-5-12-39-13-16-43-17-14-39/h8-11,18,20-21,23,30H,3-7,12-17,19,22,24H2,1-2H3,(H,37,42). The van der Waals surface area contributed by atoms with Gasteiger partial charge in [-0.1, -0.05) is 48.8 Å². The van der Waals surface area contributed by atoms with E-state index in [-0.39, 0.29) is 18.2 Å². The van der Waals surface area contributed by atoms with Crippen LogP contribution in [0.2, 0.25) is 0 Å². The lowest BCUT2D eigenvalue weighted by Gasteiger charge is -2.26. The van der Waals surface area contributed by atoms with Crippen molar-refractivity contribution in [1.82, 2.24) is 20.0 Å². The highest BCUT2D eigenvalue weighted by Gasteiger charge is 2.24. The zero-order valence-corrected chi connectivity index (χ0v) is 26.1. The Kier molecular flexibility index (Phi) is 9.69. The molecule has 232 valence electrons. The summed E-state index contributed by atoms with van der Waals surface area (Å²) in [4.78, 5) is 28.8. The van der Waals surface area contributed by atoms with Crippen molar-refractivity contribution < 1.29 is 19.1 Å². The molecule has 1 N–H and O–H groups in total. The second kappa shape index (κ2) is 14.0. The summed E-state index contributed by atoms with van der Waals surface area (Å²) >= 11 is 0. The fourth-order valence-electron chi connectivity index (χ4n) is 6.73. The maximum atomic E-state index is 13.7. The normalized spacial score (nSPS) is 18.3. The zero-order valence-electron chi connectivity index (χ0n) is 26.1. The molecule has 44 heavy (non-hydrogen) atoms. The van der Waals surface area contributed by atoms with Gasteiger partial charge in [-0.3, -0.25) is 19.2 Å². The van der Waals surface area contributed by atoms with Crippen LogP contribution in [0.25, 0.3) is 22.0 Å². The average Bonchev–Trinajstić information content (AvgIpc) is 3.71. The number of ketones is 1. The monoisotopic (exact) mass is 596 g/mol. The van der Waals surface area contributed by atoms with E-state index in [0.29, 0.717) is 30.2 Å². The number of carbonyl (C=O) groups excluding carboxylic acids is 2. The molecule has 0 atom stereocenters. The summed E-state index contributed by atoms with van der Waals surface area (Å²) in [5.74, 6) is -0.110. The maximum Gasteiger partial charge on any atom is 0.252 e. The van der Waals surface area contributed by atoms with Crippen molar-refractivity contribution in [2.75, 3.05) is 46.0 Å². The van der Waals surface area contributed by atoms with Crippen molar-refractivity contribution in [1.29, 1.82) is 0 Å². The molecule has 1 aromatic heterocycles. The van der Waals surface area contributed by atoms with Crippen LogP contribution in [-0.4, -0.2) is 72.4 Å². The molecular weight excluding hydrogens is 552 g/mol. The fraction of sp³-hybridized carbons (Fsp3) is 0.472. The Morgan fingerprint density at radius 1 is 1.07 bits per heavy atom. The van der Waals surface area contributed by atoms with Gasteiger partial charge in [0.15, 0.2) is 5.78 Å². The quantitative estimate of drug-likeness (QED) is 0.273. The van der Waals surface area contributed by atoms with Crippen LogP contribution in [0.3, 0.4) is 0 Å². The topological polar surface area (TPSA) is 85.7 Å². The highest BCUT2D eigenvalue weighted by atomic mass is 16.5. The van der Waals surface area contributed by atoms with Gasteiger partial charge in [0, 0.05) is 50.2 Å². The molecule has 6 rings (SSSR count). The molecule has 2 heterocycles. The predicted octanol–water partition coefficient (Wildman–Crippen LogP) is 6.02. The molecule has 1 aliphatic heterocycles. The Bertz CT molecular complexity index is 1560. The van der Waals surface area contributed by atoms with E-state index >= 15 is 0 Å². The SMILES string of the molecule is CC1=CC(C)=C(CNC(=O)c2cc(-c3ccc(COCCCN4CCOCC4)cc3)cc3c2cnn3C2CCCC2)C(=O)C1. The van der Waals surface area contributed by atoms with Crippen molar-refractivity contribution in [2.24, 2.45) is 0 Å². The second-order valence-corrected chi connectivity index (χ2v) is 12.5. The van der Waals surface area contributed by atoms with Gasteiger partial charge in [0.05, 0.1) is 43.1 Å². The van der Waals surface area contributed by atoms with Crippen molar-refractivity contribution in [3.05, 3.63) is 76.5 Å². The van der Waals surface area contributed by atoms with Crippen LogP contribution in [0.15, 0.2) is 65.4 Å². The summed E-state index contributed by atoms with van der Waals surface area (Å²) in [6.45, 7) is 10.1. The van der Waals surface area contributed by atoms with Gasteiger partial charge >= 0.3 is 0 Å². The first-order valence-corrected chi connectivity index (χ1v) is 16.1. The van der Waals surface area contributed by atoms with E-state index in [1.54, 1.807) is 0 Å². The number of carbonyl (C=O) groups is 2. The largest absolute Gasteiger partial charge is 0.379 e. The van der Waals surface area contributed by atoms with Gasteiger partial charge in [-0.05, 0) is 67.5 Å². The number of hydrogen-bond acceptors (Lipinski definition) is 6. The van der Waals surface area contributed by atoms with E-state index in [4.69, 9.17) is 14.6 Å². The van der Waals surface area contributed by atoms with Crippen molar-refractivity contribution >= 4 is 22.6 Å². The molecule has 2 fully saturated rings. The van der Waals surface area contributed by atoms with Gasteiger partial charge in [0.25, 0.3) is 5.91 Å². The third kappa shape index (κ3) is 7.04. The summed E-state index contributed by atoms with van der Waals surface area (Å²) in [7, 11) is 0. The molecule has 8 heteroatoms. The number of nitrogens with zero attached hydrogens (tertiary/aromatic N) is 3. The molecule has 1 saturated heterocycles. The summed E-state index contributed by atoms with van der Waals surface area (Å²) in [5.41, 5.74) is 7.36. The van der Waals surface area contributed by atoms with Gasteiger partial charge in [0.1, 0.15) is 0 Å². The minimum absolute atomic E-state index is 0.0805. The van der Waals surface area contributed by atoms with Crippen molar-refractivity contribution in [3.63, 3.8) is 0 Å². The average molecular weight is 597 g/mol. The van der Waals surface area contributed by atoms with Crippen molar-refractivity contribution in [3.8, 4) is 11.1 Å². The molecule has 1 amide bonds. The molecular formula is C36H44N4O4. The van der Waals surface area contributed by atoms with Crippen LogP contribution < -0.4 is 5.32 Å². The Hall–Kier alpha value is -3.59. The lowest BCUT2D eigenvalue weighted by atomic mass is 9.92. The lowest BCUT2D eigenvalue weighted by Crippen LogP contribution is -2.37. The molecule has 2 aliphatic carbocycles. The van der Waals surface area contributed by atoms with Gasteiger partial charge in [-0.15, -0.1) is 0 Å². The summed E-state index contributed by atoms with van der Waals surface area (Å²) < 4.78 is 13.5. The minimum Gasteiger partial charge on any atom is -0.379 e. The molecule has 1 saturated carbocycles. The number of hydrogen-bond donors (Lipinski definition) is 1. The predicted molar refractivity (Wildman–Crippen MR) is 173 cm³/mol. The number of ether oxygens (including phenoxy) is 2. The number of amides is 1. The Morgan fingerprint density at radius 2 is 1.84 bits per heavy atom. The van der Waals surface area contributed by atoms with E-state index in [1.165, 1.54) is 12.8 Å². The number of fused-ring (bicyclic) bond motifs is 1. The molecule has 8 nitrogen and oxygen atoms in total. The zero-order chi connectivity index (χ0) is 30.5. The third-order valence-electron chi connectivity index (χ3n) is 9.19. The Balaban J connectivity index is 1.18. The van der Waals surface area contributed by atoms with Gasteiger partial charge in [-0.25, -0.2) is 0 Å². The van der Waals surface area contributed by atoms with Crippen LogP contribution in [0, 0.1) is 0 Å². The van der Waals surface area contributed by atoms with E-state index in [2.05, 4.69) is 45.2 Å². The molecule has 3 aliphatic rings. The first-order chi connectivity index (χ1) is 21.5.